The first-order chi connectivity index (χ1) is 16.5. The van der Waals surface area contributed by atoms with Crippen molar-refractivity contribution in [2.75, 3.05) is 19.0 Å². The summed E-state index contributed by atoms with van der Waals surface area (Å²) in [5, 5.41) is 0. The maximum Gasteiger partial charge on any atom is 0.264 e. The van der Waals surface area contributed by atoms with Crippen molar-refractivity contribution in [3.63, 3.8) is 0 Å². The molecule has 34 heavy (non-hydrogen) atoms. The summed E-state index contributed by atoms with van der Waals surface area (Å²) in [6.07, 6.45) is 4.79. The molecule has 0 spiro atoms. The molecule has 0 aliphatic heterocycles. The Morgan fingerprint density at radius 2 is 1.26 bits per heavy atom. The second kappa shape index (κ2) is 12.7. The molecule has 5 nitrogen and oxygen atoms in total. The normalized spacial score (nSPS) is 11.9. The molecule has 0 fully saturated rings. The molecule has 0 aliphatic carbocycles. The molecule has 0 unspecified atom stereocenters. The number of unbranched alkanes of at least 4 members (excludes halogenated alkanes) is 3. The summed E-state index contributed by atoms with van der Waals surface area (Å²) in [6.45, 7) is 3.03. The van der Waals surface area contributed by atoms with E-state index < -0.39 is 15.7 Å². The van der Waals surface area contributed by atoms with E-state index in [-0.39, 0.29) is 18.8 Å². The molecule has 3 aromatic carbocycles. The van der Waals surface area contributed by atoms with Gasteiger partial charge in [0.25, 0.3) is 10.1 Å². The van der Waals surface area contributed by atoms with Gasteiger partial charge < -0.3 is 9.47 Å². The van der Waals surface area contributed by atoms with Gasteiger partial charge in [0.05, 0.1) is 12.4 Å². The van der Waals surface area contributed by atoms with E-state index in [1.165, 1.54) is 12.8 Å². The van der Waals surface area contributed by atoms with E-state index in [1.807, 2.05) is 84.9 Å². The van der Waals surface area contributed by atoms with Crippen LogP contribution in [0.1, 0.15) is 55.7 Å². The number of rotatable bonds is 14. The molecular formula is C28H34O5S. The smallest absolute Gasteiger partial charge is 0.264 e. The Morgan fingerprint density at radius 1 is 0.706 bits per heavy atom. The molecular weight excluding hydrogens is 448 g/mol. The van der Waals surface area contributed by atoms with Crippen molar-refractivity contribution in [2.24, 2.45) is 0 Å². The summed E-state index contributed by atoms with van der Waals surface area (Å²) in [5.74, 6) is 0.457. The van der Waals surface area contributed by atoms with Gasteiger partial charge in [0.1, 0.15) is 11.4 Å². The second-order valence-electron chi connectivity index (χ2n) is 8.33. The lowest BCUT2D eigenvalue weighted by Gasteiger charge is -2.36. The maximum atomic E-state index is 11.2. The van der Waals surface area contributed by atoms with Crippen LogP contribution in [0.25, 0.3) is 0 Å². The fourth-order valence-corrected chi connectivity index (χ4v) is 4.55. The van der Waals surface area contributed by atoms with Gasteiger partial charge >= 0.3 is 0 Å². The number of hydrogen-bond donors (Lipinski definition) is 1. The summed E-state index contributed by atoms with van der Waals surface area (Å²) >= 11 is 0. The van der Waals surface area contributed by atoms with Crippen molar-refractivity contribution < 1.29 is 22.4 Å². The van der Waals surface area contributed by atoms with Crippen LogP contribution in [-0.4, -0.2) is 31.9 Å². The fraction of sp³-hybridized carbons (Fsp3) is 0.357. The molecule has 0 aromatic heterocycles. The Labute approximate surface area is 203 Å². The zero-order valence-corrected chi connectivity index (χ0v) is 20.5. The Hall–Kier alpha value is -2.67. The molecule has 0 radical (unpaired) electrons. The Balaban J connectivity index is 1.93. The zero-order chi connectivity index (χ0) is 24.3. The first kappa shape index (κ1) is 25.9. The molecule has 0 saturated carbocycles. The van der Waals surface area contributed by atoms with Gasteiger partial charge in [-0.3, -0.25) is 4.55 Å². The number of hydrogen-bond acceptors (Lipinski definition) is 4. The molecule has 3 rings (SSSR count). The molecule has 6 heteroatoms. The monoisotopic (exact) mass is 482 g/mol. The van der Waals surface area contributed by atoms with Crippen LogP contribution >= 0.6 is 0 Å². The van der Waals surface area contributed by atoms with Crippen LogP contribution in [0.4, 0.5) is 0 Å². The molecule has 0 atom stereocenters. The highest BCUT2D eigenvalue weighted by atomic mass is 32.2. The highest BCUT2D eigenvalue weighted by Gasteiger charge is 2.37. The van der Waals surface area contributed by atoms with Gasteiger partial charge in [0, 0.05) is 6.61 Å². The molecule has 3 aromatic rings. The summed E-state index contributed by atoms with van der Waals surface area (Å²) in [7, 11) is -4.05. The van der Waals surface area contributed by atoms with Crippen molar-refractivity contribution >= 4 is 10.1 Å². The minimum absolute atomic E-state index is 0.152. The lowest BCUT2D eigenvalue weighted by atomic mass is 9.80. The standard InChI is InChI=1S/C28H34O5S/c1-2-3-4-11-21-32-27-19-17-26(18-20-27)28(24-13-7-5-8-14-24,25-15-9-6-10-16-25)33-22-12-23-34(29,30)31/h5-10,13-20H,2-4,11-12,21-23H2,1H3,(H,29,30,31). The summed E-state index contributed by atoms with van der Waals surface area (Å²) in [6, 6.07) is 27.7. The molecule has 0 bridgehead atoms. The minimum Gasteiger partial charge on any atom is -0.494 e. The third-order valence-electron chi connectivity index (χ3n) is 5.75. The SMILES string of the molecule is CCCCCCOc1ccc(C(OCCCS(=O)(=O)O)(c2ccccc2)c2ccccc2)cc1. The lowest BCUT2D eigenvalue weighted by Crippen LogP contribution is -2.33. The van der Waals surface area contributed by atoms with Crippen LogP contribution < -0.4 is 4.74 Å². The Bertz CT molecular complexity index is 1040. The topological polar surface area (TPSA) is 72.8 Å². The van der Waals surface area contributed by atoms with Crippen LogP contribution in [-0.2, 0) is 20.5 Å². The minimum atomic E-state index is -4.05. The number of ether oxygens (including phenoxy) is 2. The number of benzene rings is 3. The van der Waals surface area contributed by atoms with E-state index in [0.717, 1.165) is 35.3 Å². The van der Waals surface area contributed by atoms with E-state index in [9.17, 15) is 8.42 Å². The van der Waals surface area contributed by atoms with E-state index in [0.29, 0.717) is 6.61 Å². The second-order valence-corrected chi connectivity index (χ2v) is 9.91. The van der Waals surface area contributed by atoms with Crippen LogP contribution in [0, 0.1) is 0 Å². The van der Waals surface area contributed by atoms with E-state index >= 15 is 0 Å². The lowest BCUT2D eigenvalue weighted by molar-refractivity contribution is 0.0134. The summed E-state index contributed by atoms with van der Waals surface area (Å²) < 4.78 is 44.1. The summed E-state index contributed by atoms with van der Waals surface area (Å²) in [5.41, 5.74) is 1.83. The van der Waals surface area contributed by atoms with Crippen LogP contribution in [0.15, 0.2) is 84.9 Å². The molecule has 1 N–H and O–H groups in total. The van der Waals surface area contributed by atoms with Gasteiger partial charge in [-0.25, -0.2) is 0 Å². The first-order valence-electron chi connectivity index (χ1n) is 11.9. The molecule has 182 valence electrons. The largest absolute Gasteiger partial charge is 0.494 e. The van der Waals surface area contributed by atoms with E-state index in [2.05, 4.69) is 6.92 Å². The third-order valence-corrected chi connectivity index (χ3v) is 6.56. The van der Waals surface area contributed by atoms with Gasteiger partial charge in [-0.15, -0.1) is 0 Å². The third kappa shape index (κ3) is 7.16. The Kier molecular flexibility index (Phi) is 9.69. The van der Waals surface area contributed by atoms with Gasteiger partial charge in [-0.05, 0) is 41.7 Å². The Morgan fingerprint density at radius 3 is 1.79 bits per heavy atom. The average Bonchev–Trinajstić information content (AvgIpc) is 2.85. The fourth-order valence-electron chi connectivity index (χ4n) is 4.07. The average molecular weight is 483 g/mol. The van der Waals surface area contributed by atoms with Crippen LogP contribution in [0.5, 0.6) is 5.75 Å². The van der Waals surface area contributed by atoms with Crippen molar-refractivity contribution in [1.29, 1.82) is 0 Å². The van der Waals surface area contributed by atoms with E-state index in [1.54, 1.807) is 0 Å². The quantitative estimate of drug-likeness (QED) is 0.167. The molecule has 0 aliphatic rings. The van der Waals surface area contributed by atoms with Crippen LogP contribution in [0.2, 0.25) is 0 Å². The highest BCUT2D eigenvalue weighted by Crippen LogP contribution is 2.41. The van der Waals surface area contributed by atoms with Crippen molar-refractivity contribution in [3.05, 3.63) is 102 Å². The van der Waals surface area contributed by atoms with Gasteiger partial charge in [0.15, 0.2) is 0 Å². The highest BCUT2D eigenvalue weighted by molar-refractivity contribution is 7.85. The van der Waals surface area contributed by atoms with Crippen molar-refractivity contribution in [3.8, 4) is 5.75 Å². The van der Waals surface area contributed by atoms with Gasteiger partial charge in [-0.1, -0.05) is 99.0 Å². The van der Waals surface area contributed by atoms with Crippen molar-refractivity contribution in [2.45, 2.75) is 44.6 Å². The first-order valence-corrected chi connectivity index (χ1v) is 13.5. The molecule has 0 saturated heterocycles. The summed E-state index contributed by atoms with van der Waals surface area (Å²) in [4.78, 5) is 0. The maximum absolute atomic E-state index is 11.2. The predicted molar refractivity (Wildman–Crippen MR) is 136 cm³/mol. The van der Waals surface area contributed by atoms with Gasteiger partial charge in [-0.2, -0.15) is 8.42 Å². The van der Waals surface area contributed by atoms with Gasteiger partial charge in [0.2, 0.25) is 0 Å². The predicted octanol–water partition coefficient (Wildman–Crippen LogP) is 6.23. The zero-order valence-electron chi connectivity index (χ0n) is 19.7. The van der Waals surface area contributed by atoms with Crippen molar-refractivity contribution in [1.82, 2.24) is 0 Å². The van der Waals surface area contributed by atoms with Crippen LogP contribution in [0.3, 0.4) is 0 Å². The molecule has 0 amide bonds. The van der Waals surface area contributed by atoms with E-state index in [4.69, 9.17) is 14.0 Å². The molecule has 0 heterocycles.